The number of hydrogen-bond donors (Lipinski definition) is 0. The second-order valence-electron chi connectivity index (χ2n) is 11.9. The van der Waals surface area contributed by atoms with E-state index >= 15 is 0 Å². The normalized spacial score (nSPS) is 22.4. The third-order valence-electron chi connectivity index (χ3n) is 8.81. The molecule has 3 atom stereocenters. The van der Waals surface area contributed by atoms with Gasteiger partial charge in [0.25, 0.3) is 11.2 Å². The van der Waals surface area contributed by atoms with E-state index in [2.05, 4.69) is 18.9 Å². The summed E-state index contributed by atoms with van der Waals surface area (Å²) in [6.45, 7) is 0.155. The molecule has 0 amide bonds. The van der Waals surface area contributed by atoms with E-state index in [0.717, 1.165) is 20.8 Å². The maximum absolute atomic E-state index is 14.6. The number of ether oxygens (including phenoxy) is 5. The Bertz CT molecular complexity index is 967. The van der Waals surface area contributed by atoms with Crippen molar-refractivity contribution in [3.63, 3.8) is 0 Å². The lowest BCUT2D eigenvalue weighted by atomic mass is 9.60. The number of hydrogen-bond acceptors (Lipinski definition) is 6. The predicted molar refractivity (Wildman–Crippen MR) is 134 cm³/mol. The number of alkyl halides is 15. The summed E-state index contributed by atoms with van der Waals surface area (Å²) in [5.74, 6) is -11.1. The Labute approximate surface area is 265 Å². The first-order valence-electron chi connectivity index (χ1n) is 14.4. The highest BCUT2D eigenvalue weighted by atomic mass is 19.4. The first kappa shape index (κ1) is 44.3. The Kier molecular flexibility index (Phi) is 13.7. The minimum absolute atomic E-state index is 0.345. The van der Waals surface area contributed by atoms with E-state index in [4.69, 9.17) is 4.74 Å². The van der Waals surface area contributed by atoms with Gasteiger partial charge in [-0.15, -0.1) is 0 Å². The highest BCUT2D eigenvalue weighted by molar-refractivity contribution is 5.77. The molecule has 48 heavy (non-hydrogen) atoms. The highest BCUT2D eigenvalue weighted by Gasteiger charge is 2.80. The monoisotopic (exact) mass is 742 g/mol. The molecule has 0 aromatic rings. The van der Waals surface area contributed by atoms with E-state index in [0.29, 0.717) is 20.8 Å². The Hall–Kier alpha value is -1.74. The smallest absolute Gasteiger partial charge is 0.426 e. The van der Waals surface area contributed by atoms with Crippen LogP contribution in [0.4, 0.5) is 65.9 Å². The van der Waals surface area contributed by atoms with Crippen molar-refractivity contribution >= 4 is 5.97 Å². The summed E-state index contributed by atoms with van der Waals surface area (Å²) in [6.07, 6.45) is -37.9. The molecule has 0 radical (unpaired) electrons. The molecule has 0 aromatic heterocycles. The van der Waals surface area contributed by atoms with Crippen molar-refractivity contribution in [2.45, 2.75) is 115 Å². The lowest BCUT2D eigenvalue weighted by Crippen LogP contribution is -2.69. The van der Waals surface area contributed by atoms with Crippen LogP contribution in [-0.2, 0) is 28.5 Å². The summed E-state index contributed by atoms with van der Waals surface area (Å²) in [4.78, 5) is 12.8. The Balaban J connectivity index is 4.16. The lowest BCUT2D eigenvalue weighted by Gasteiger charge is -2.53. The van der Waals surface area contributed by atoms with E-state index in [1.807, 2.05) is 0 Å². The van der Waals surface area contributed by atoms with Crippen LogP contribution in [-0.4, -0.2) is 80.5 Å². The van der Waals surface area contributed by atoms with Crippen molar-refractivity contribution in [1.82, 2.24) is 0 Å². The fourth-order valence-corrected chi connectivity index (χ4v) is 5.69. The molecule has 0 N–H and O–H groups in total. The lowest BCUT2D eigenvalue weighted by molar-refractivity contribution is -0.429. The van der Waals surface area contributed by atoms with Crippen LogP contribution in [0.15, 0.2) is 0 Å². The summed E-state index contributed by atoms with van der Waals surface area (Å²) in [5.41, 5.74) is -17.0. The third kappa shape index (κ3) is 8.41. The summed E-state index contributed by atoms with van der Waals surface area (Å²) >= 11 is 0. The molecular formula is C27H37F15O6. The number of esters is 1. The molecule has 0 aromatic carbocycles. The standard InChI is InChI=1S/C27H37F15O6/c1-7-20(6,23(28,29)30)18(43)48-19(4,5)15-10-16(21(24(31,32)33,25(34,35)36)46-13-44-8-2)12-17(11-15)22(26(37,38)39,27(40,41)42)47-14-45-9-3/h15-17H,7-14H2,1-6H3. The molecule has 21 heteroatoms. The van der Waals surface area contributed by atoms with Gasteiger partial charge in [-0.2, -0.15) is 65.9 Å². The van der Waals surface area contributed by atoms with Gasteiger partial charge in [0, 0.05) is 25.0 Å². The number of carbonyl (C=O) groups excluding carboxylic acids is 1. The van der Waals surface area contributed by atoms with Crippen molar-refractivity contribution in [1.29, 1.82) is 0 Å². The van der Waals surface area contributed by atoms with E-state index in [1.165, 1.54) is 0 Å². The van der Waals surface area contributed by atoms with Crippen molar-refractivity contribution < 1.29 is 94.3 Å². The minimum atomic E-state index is -6.57. The fraction of sp³-hybridized carbons (Fsp3) is 0.963. The summed E-state index contributed by atoms with van der Waals surface area (Å²) < 4.78 is 238. The predicted octanol–water partition coefficient (Wildman–Crippen LogP) is 9.07. The molecular weight excluding hydrogens is 705 g/mol. The molecule has 1 fully saturated rings. The molecule has 6 nitrogen and oxygen atoms in total. The van der Waals surface area contributed by atoms with Gasteiger partial charge in [-0.25, -0.2) is 0 Å². The first-order valence-corrected chi connectivity index (χ1v) is 14.4. The van der Waals surface area contributed by atoms with Crippen LogP contribution >= 0.6 is 0 Å². The molecule has 0 heterocycles. The van der Waals surface area contributed by atoms with Crippen LogP contribution in [0.3, 0.4) is 0 Å². The average molecular weight is 743 g/mol. The summed E-state index contributed by atoms with van der Waals surface area (Å²) in [6, 6.07) is 0. The van der Waals surface area contributed by atoms with E-state index < -0.39 is 129 Å². The minimum Gasteiger partial charge on any atom is -0.459 e. The van der Waals surface area contributed by atoms with Crippen LogP contribution in [0.2, 0.25) is 0 Å². The fourth-order valence-electron chi connectivity index (χ4n) is 5.69. The van der Waals surface area contributed by atoms with Gasteiger partial charge in [0.15, 0.2) is 5.41 Å². The molecule has 0 bridgehead atoms. The SMILES string of the molecule is CCOCOC(C1CC(C(C)(C)OC(=O)C(C)(CC)C(F)(F)F)CC(C(OCOCC)(C(F)(F)F)C(F)(F)F)C1)(C(F)(F)F)C(F)(F)F. The second kappa shape index (κ2) is 14.9. The van der Waals surface area contributed by atoms with Crippen LogP contribution in [0.1, 0.15) is 67.2 Å². The average Bonchev–Trinajstić information content (AvgIpc) is 2.88. The molecule has 1 saturated carbocycles. The van der Waals surface area contributed by atoms with E-state index in [1.54, 1.807) is 0 Å². The van der Waals surface area contributed by atoms with Gasteiger partial charge in [-0.3, -0.25) is 4.79 Å². The van der Waals surface area contributed by atoms with Crippen LogP contribution < -0.4 is 0 Å². The number of halogens is 15. The van der Waals surface area contributed by atoms with Crippen molar-refractivity contribution in [3.05, 3.63) is 0 Å². The van der Waals surface area contributed by atoms with Gasteiger partial charge < -0.3 is 23.7 Å². The summed E-state index contributed by atoms with van der Waals surface area (Å²) in [5, 5.41) is 0. The molecule has 286 valence electrons. The Morgan fingerprint density at radius 2 is 0.854 bits per heavy atom. The molecule has 1 rings (SSSR count). The maximum atomic E-state index is 14.6. The largest absolute Gasteiger partial charge is 0.459 e. The number of carbonyl (C=O) groups is 1. The van der Waals surface area contributed by atoms with Gasteiger partial charge in [0.2, 0.25) is 0 Å². The molecule has 0 aliphatic heterocycles. The first-order chi connectivity index (χ1) is 21.4. The van der Waals surface area contributed by atoms with Crippen molar-refractivity contribution in [2.24, 2.45) is 23.2 Å². The molecule has 1 aliphatic carbocycles. The highest BCUT2D eigenvalue weighted by Crippen LogP contribution is 2.62. The van der Waals surface area contributed by atoms with Crippen LogP contribution in [0.25, 0.3) is 0 Å². The zero-order valence-electron chi connectivity index (χ0n) is 26.5. The Morgan fingerprint density at radius 3 is 1.10 bits per heavy atom. The second-order valence-corrected chi connectivity index (χ2v) is 11.9. The molecule has 0 spiro atoms. The molecule has 3 unspecified atom stereocenters. The third-order valence-corrected chi connectivity index (χ3v) is 8.81. The van der Waals surface area contributed by atoms with Gasteiger partial charge in [0.05, 0.1) is 0 Å². The Morgan fingerprint density at radius 1 is 0.542 bits per heavy atom. The van der Waals surface area contributed by atoms with Crippen LogP contribution in [0, 0.1) is 23.2 Å². The number of rotatable bonds is 14. The quantitative estimate of drug-likeness (QED) is 0.0767. The van der Waals surface area contributed by atoms with Gasteiger partial charge in [-0.1, -0.05) is 6.92 Å². The zero-order valence-corrected chi connectivity index (χ0v) is 26.5. The maximum Gasteiger partial charge on any atom is 0.426 e. The molecule has 0 saturated heterocycles. The summed E-state index contributed by atoms with van der Waals surface area (Å²) in [7, 11) is 0. The van der Waals surface area contributed by atoms with Gasteiger partial charge in [-0.05, 0) is 66.2 Å². The van der Waals surface area contributed by atoms with E-state index in [9.17, 15) is 70.7 Å². The van der Waals surface area contributed by atoms with Gasteiger partial charge in [0.1, 0.15) is 19.2 Å². The zero-order chi connectivity index (χ0) is 38.0. The topological polar surface area (TPSA) is 63.2 Å². The molecule has 1 aliphatic rings. The van der Waals surface area contributed by atoms with E-state index in [-0.39, 0.29) is 0 Å². The van der Waals surface area contributed by atoms with Crippen LogP contribution in [0.5, 0.6) is 0 Å². The van der Waals surface area contributed by atoms with Gasteiger partial charge >= 0.3 is 36.9 Å². The van der Waals surface area contributed by atoms with Crippen molar-refractivity contribution in [3.8, 4) is 0 Å². The van der Waals surface area contributed by atoms with Crippen molar-refractivity contribution in [2.75, 3.05) is 26.8 Å².